The summed E-state index contributed by atoms with van der Waals surface area (Å²) in [5.41, 5.74) is 0. The lowest BCUT2D eigenvalue weighted by atomic mass is 9.94. The molecule has 0 spiro atoms. The van der Waals surface area contributed by atoms with Gasteiger partial charge in [0.25, 0.3) is 0 Å². The van der Waals surface area contributed by atoms with E-state index in [1.165, 1.54) is 167 Å². The van der Waals surface area contributed by atoms with E-state index in [9.17, 15) is 9.90 Å². The molecule has 0 heterocycles. The molecule has 1 atom stereocenters. The largest absolute Gasteiger partial charge is 0.481 e. The SMILES string of the molecule is CCCCCCCC/C=C\CCCCCCCCC(CCCCCCCCCCCCCCCC)C(=O)O. The lowest BCUT2D eigenvalue weighted by Gasteiger charge is -2.12. The van der Waals surface area contributed by atoms with Crippen LogP contribution < -0.4 is 0 Å². The van der Waals surface area contributed by atoms with Crippen LogP contribution in [-0.2, 0) is 4.79 Å². The molecule has 1 unspecified atom stereocenters. The number of carbonyl (C=O) groups is 1. The predicted molar refractivity (Wildman–Crippen MR) is 170 cm³/mol. The normalized spacial score (nSPS) is 12.5. The maximum atomic E-state index is 11.6. The fraction of sp³-hybridized carbons (Fsp3) is 0.917. The summed E-state index contributed by atoms with van der Waals surface area (Å²) in [6, 6.07) is 0. The van der Waals surface area contributed by atoms with Crippen molar-refractivity contribution in [3.8, 4) is 0 Å². The molecule has 0 aromatic rings. The van der Waals surface area contributed by atoms with E-state index in [2.05, 4.69) is 26.0 Å². The first kappa shape index (κ1) is 37.2. The number of unbranched alkanes of at least 4 members (excludes halogenated alkanes) is 25. The summed E-state index contributed by atoms with van der Waals surface area (Å²) in [6.45, 7) is 4.56. The van der Waals surface area contributed by atoms with Crippen LogP contribution in [0.5, 0.6) is 0 Å². The van der Waals surface area contributed by atoms with E-state index in [1.807, 2.05) is 0 Å². The van der Waals surface area contributed by atoms with E-state index in [4.69, 9.17) is 0 Å². The number of aliphatic carboxylic acids is 1. The van der Waals surface area contributed by atoms with Crippen molar-refractivity contribution in [2.75, 3.05) is 0 Å². The highest BCUT2D eigenvalue weighted by molar-refractivity contribution is 5.69. The van der Waals surface area contributed by atoms with Gasteiger partial charge in [0.15, 0.2) is 0 Å². The van der Waals surface area contributed by atoms with Gasteiger partial charge in [-0.1, -0.05) is 180 Å². The Balaban J connectivity index is 3.43. The van der Waals surface area contributed by atoms with Gasteiger partial charge in [-0.05, 0) is 38.5 Å². The Morgan fingerprint density at radius 3 is 1.00 bits per heavy atom. The van der Waals surface area contributed by atoms with Crippen molar-refractivity contribution in [2.45, 2.75) is 206 Å². The molecule has 0 aromatic carbocycles. The van der Waals surface area contributed by atoms with Gasteiger partial charge in [-0.2, -0.15) is 0 Å². The lowest BCUT2D eigenvalue weighted by molar-refractivity contribution is -0.142. The molecule has 226 valence electrons. The van der Waals surface area contributed by atoms with Crippen LogP contribution in [0.4, 0.5) is 0 Å². The highest BCUT2D eigenvalue weighted by Gasteiger charge is 2.16. The molecule has 1 N–H and O–H groups in total. The summed E-state index contributed by atoms with van der Waals surface area (Å²) >= 11 is 0. The first-order valence-electron chi connectivity index (χ1n) is 17.6. The van der Waals surface area contributed by atoms with Crippen LogP contribution >= 0.6 is 0 Å². The summed E-state index contributed by atoms with van der Waals surface area (Å²) in [5.74, 6) is -0.670. The molecule has 0 rings (SSSR count). The Morgan fingerprint density at radius 2 is 0.711 bits per heavy atom. The predicted octanol–water partition coefficient (Wildman–Crippen LogP) is 13.0. The molecule has 2 nitrogen and oxygen atoms in total. The van der Waals surface area contributed by atoms with Gasteiger partial charge in [-0.3, -0.25) is 4.79 Å². The summed E-state index contributed by atoms with van der Waals surface area (Å²) in [4.78, 5) is 11.6. The fourth-order valence-corrected chi connectivity index (χ4v) is 5.61. The molecule has 0 saturated heterocycles. The van der Waals surface area contributed by atoms with E-state index in [1.54, 1.807) is 0 Å². The van der Waals surface area contributed by atoms with Crippen molar-refractivity contribution in [1.82, 2.24) is 0 Å². The third kappa shape index (κ3) is 29.8. The molecular weight excluding hydrogens is 464 g/mol. The second kappa shape index (κ2) is 32.4. The van der Waals surface area contributed by atoms with Crippen LogP contribution in [0, 0.1) is 5.92 Å². The highest BCUT2D eigenvalue weighted by Crippen LogP contribution is 2.20. The monoisotopic (exact) mass is 535 g/mol. The number of rotatable bonds is 32. The summed E-state index contributed by atoms with van der Waals surface area (Å²) < 4.78 is 0. The van der Waals surface area contributed by atoms with Crippen LogP contribution in [0.15, 0.2) is 12.2 Å². The molecule has 0 bridgehead atoms. The summed E-state index contributed by atoms with van der Waals surface area (Å²) in [7, 11) is 0. The number of hydrogen-bond donors (Lipinski definition) is 1. The summed E-state index contributed by atoms with van der Waals surface area (Å²) in [5, 5.41) is 9.60. The number of carboxylic acids is 1. The standard InChI is InChI=1S/C36H70O2/c1-3-5-7-9-11-13-15-17-19-20-22-24-26-28-30-32-34-35(36(37)38)33-31-29-27-25-23-21-18-16-14-12-10-8-6-4-2/h17,19,35H,3-16,18,20-34H2,1-2H3,(H,37,38)/b19-17-. The summed E-state index contributed by atoms with van der Waals surface area (Å²) in [6.07, 6.45) is 43.9. The van der Waals surface area contributed by atoms with Crippen LogP contribution in [0.25, 0.3) is 0 Å². The molecule has 0 amide bonds. The van der Waals surface area contributed by atoms with Gasteiger partial charge < -0.3 is 5.11 Å². The average molecular weight is 535 g/mol. The molecule has 0 aliphatic rings. The number of hydrogen-bond acceptors (Lipinski definition) is 1. The van der Waals surface area contributed by atoms with E-state index >= 15 is 0 Å². The van der Waals surface area contributed by atoms with Gasteiger partial charge >= 0.3 is 5.97 Å². The zero-order chi connectivity index (χ0) is 27.8. The third-order valence-corrected chi connectivity index (χ3v) is 8.32. The Labute approximate surface area is 240 Å². The second-order valence-corrected chi connectivity index (χ2v) is 12.1. The molecule has 0 radical (unpaired) electrons. The van der Waals surface area contributed by atoms with Gasteiger partial charge in [0.05, 0.1) is 5.92 Å². The zero-order valence-electron chi connectivity index (χ0n) is 26.3. The Kier molecular flexibility index (Phi) is 31.7. The van der Waals surface area contributed by atoms with Crippen molar-refractivity contribution in [2.24, 2.45) is 5.92 Å². The molecule has 0 saturated carbocycles. The quantitative estimate of drug-likeness (QED) is 0.0688. The van der Waals surface area contributed by atoms with Gasteiger partial charge in [-0.25, -0.2) is 0 Å². The van der Waals surface area contributed by atoms with Crippen molar-refractivity contribution in [3.05, 3.63) is 12.2 Å². The zero-order valence-corrected chi connectivity index (χ0v) is 26.3. The van der Waals surface area contributed by atoms with Crippen LogP contribution in [0.3, 0.4) is 0 Å². The molecule has 0 fully saturated rings. The number of allylic oxidation sites excluding steroid dienone is 2. The minimum Gasteiger partial charge on any atom is -0.481 e. The van der Waals surface area contributed by atoms with E-state index in [0.717, 1.165) is 25.7 Å². The van der Waals surface area contributed by atoms with Crippen LogP contribution in [0.2, 0.25) is 0 Å². The minimum atomic E-state index is -0.563. The van der Waals surface area contributed by atoms with Gasteiger partial charge in [0.2, 0.25) is 0 Å². The molecule has 0 aliphatic carbocycles. The van der Waals surface area contributed by atoms with Gasteiger partial charge in [0, 0.05) is 0 Å². The van der Waals surface area contributed by atoms with E-state index in [-0.39, 0.29) is 5.92 Å². The molecule has 0 aliphatic heterocycles. The lowest BCUT2D eigenvalue weighted by Crippen LogP contribution is -2.13. The number of carboxylic acid groups (broad SMARTS) is 1. The van der Waals surface area contributed by atoms with Crippen molar-refractivity contribution in [3.63, 3.8) is 0 Å². The average Bonchev–Trinajstić information content (AvgIpc) is 2.91. The maximum Gasteiger partial charge on any atom is 0.306 e. The molecule has 0 aromatic heterocycles. The maximum absolute atomic E-state index is 11.6. The van der Waals surface area contributed by atoms with Crippen LogP contribution in [-0.4, -0.2) is 11.1 Å². The third-order valence-electron chi connectivity index (χ3n) is 8.32. The molecular formula is C36H70O2. The Hall–Kier alpha value is -0.790. The van der Waals surface area contributed by atoms with Crippen LogP contribution in [0.1, 0.15) is 206 Å². The first-order valence-corrected chi connectivity index (χ1v) is 17.6. The Bertz CT molecular complexity index is 484. The highest BCUT2D eigenvalue weighted by atomic mass is 16.4. The second-order valence-electron chi connectivity index (χ2n) is 12.1. The smallest absolute Gasteiger partial charge is 0.306 e. The van der Waals surface area contributed by atoms with Gasteiger partial charge in [-0.15, -0.1) is 0 Å². The van der Waals surface area contributed by atoms with Crippen molar-refractivity contribution < 1.29 is 9.90 Å². The minimum absolute atomic E-state index is 0.107. The van der Waals surface area contributed by atoms with Crippen molar-refractivity contribution >= 4 is 5.97 Å². The fourth-order valence-electron chi connectivity index (χ4n) is 5.61. The van der Waals surface area contributed by atoms with E-state index < -0.39 is 5.97 Å². The molecule has 38 heavy (non-hydrogen) atoms. The first-order chi connectivity index (χ1) is 18.7. The topological polar surface area (TPSA) is 37.3 Å². The Morgan fingerprint density at radius 1 is 0.447 bits per heavy atom. The van der Waals surface area contributed by atoms with E-state index in [0.29, 0.717) is 0 Å². The molecule has 2 heteroatoms. The van der Waals surface area contributed by atoms with Gasteiger partial charge in [0.1, 0.15) is 0 Å². The van der Waals surface area contributed by atoms with Crippen molar-refractivity contribution in [1.29, 1.82) is 0 Å².